The number of amides is 2. The molecule has 5 nitrogen and oxygen atoms in total. The highest BCUT2D eigenvalue weighted by Gasteiger charge is 2.17. The molecule has 1 aliphatic heterocycles. The van der Waals surface area contributed by atoms with Crippen molar-refractivity contribution in [3.8, 4) is 0 Å². The van der Waals surface area contributed by atoms with Gasteiger partial charge in [0, 0.05) is 32.4 Å². The fraction of sp³-hybridized carbons (Fsp3) is 0.391. The van der Waals surface area contributed by atoms with E-state index in [1.54, 1.807) is 11.9 Å². The Kier molecular flexibility index (Phi) is 7.06. The Morgan fingerprint density at radius 2 is 1.64 bits per heavy atom. The summed E-state index contributed by atoms with van der Waals surface area (Å²) in [5, 5.41) is 2.74. The summed E-state index contributed by atoms with van der Waals surface area (Å²) in [5.74, 6) is -0.225. The molecule has 0 aromatic heterocycles. The minimum atomic E-state index is -0.137. The first-order valence-corrected chi connectivity index (χ1v) is 10.0. The summed E-state index contributed by atoms with van der Waals surface area (Å²) in [6.07, 6.45) is 4.02. The minimum absolute atomic E-state index is 0.0219. The lowest BCUT2D eigenvalue weighted by Gasteiger charge is -2.31. The average Bonchev–Trinajstić information content (AvgIpc) is 2.73. The first-order chi connectivity index (χ1) is 13.6. The normalized spacial score (nSPS) is 13.8. The Morgan fingerprint density at radius 3 is 2.39 bits per heavy atom. The fourth-order valence-electron chi connectivity index (χ4n) is 3.58. The van der Waals surface area contributed by atoms with Gasteiger partial charge in [0.2, 0.25) is 11.8 Å². The first kappa shape index (κ1) is 19.9. The van der Waals surface area contributed by atoms with E-state index in [1.807, 2.05) is 36.4 Å². The zero-order valence-corrected chi connectivity index (χ0v) is 16.6. The number of anilines is 1. The summed E-state index contributed by atoms with van der Waals surface area (Å²) in [7, 11) is 1.79. The summed E-state index contributed by atoms with van der Waals surface area (Å²) in [6.45, 7) is 2.71. The molecule has 0 radical (unpaired) electrons. The van der Waals surface area contributed by atoms with Crippen molar-refractivity contribution in [2.75, 3.05) is 31.6 Å². The molecule has 148 valence electrons. The third kappa shape index (κ3) is 5.59. The van der Waals surface area contributed by atoms with E-state index < -0.39 is 0 Å². The summed E-state index contributed by atoms with van der Waals surface area (Å²) < 4.78 is 0. The van der Waals surface area contributed by atoms with Gasteiger partial charge in [-0.05, 0) is 36.5 Å². The molecule has 1 heterocycles. The number of piperidine rings is 1. The molecule has 1 fully saturated rings. The number of hydrogen-bond acceptors (Lipinski definition) is 3. The first-order valence-electron chi connectivity index (χ1n) is 10.0. The van der Waals surface area contributed by atoms with Crippen LogP contribution in [0.3, 0.4) is 0 Å². The van der Waals surface area contributed by atoms with Gasteiger partial charge < -0.3 is 15.1 Å². The number of likely N-dealkylation sites (N-methyl/N-ethyl adjacent to an activating group) is 1. The van der Waals surface area contributed by atoms with Crippen LogP contribution in [0.4, 0.5) is 5.69 Å². The van der Waals surface area contributed by atoms with Crippen molar-refractivity contribution in [1.82, 2.24) is 10.2 Å². The SMILES string of the molecule is CN(Cc1ccccc1N1CCCCC1)C(=O)CNC(=O)Cc1ccccc1. The lowest BCUT2D eigenvalue weighted by atomic mass is 10.1. The van der Waals surface area contributed by atoms with E-state index in [1.165, 1.54) is 24.9 Å². The largest absolute Gasteiger partial charge is 0.371 e. The zero-order chi connectivity index (χ0) is 19.8. The second-order valence-electron chi connectivity index (χ2n) is 7.37. The Balaban J connectivity index is 1.52. The van der Waals surface area contributed by atoms with Gasteiger partial charge in [0.25, 0.3) is 0 Å². The third-order valence-corrected chi connectivity index (χ3v) is 5.17. The van der Waals surface area contributed by atoms with Gasteiger partial charge in [-0.15, -0.1) is 0 Å². The van der Waals surface area contributed by atoms with E-state index in [2.05, 4.69) is 28.4 Å². The molecule has 0 aliphatic carbocycles. The number of carbonyl (C=O) groups is 2. The maximum Gasteiger partial charge on any atom is 0.242 e. The molecular weight excluding hydrogens is 350 g/mol. The molecule has 0 spiro atoms. The van der Waals surface area contributed by atoms with Gasteiger partial charge in [-0.3, -0.25) is 9.59 Å². The van der Waals surface area contributed by atoms with Crippen molar-refractivity contribution in [3.63, 3.8) is 0 Å². The maximum atomic E-state index is 12.5. The monoisotopic (exact) mass is 379 g/mol. The van der Waals surface area contributed by atoms with Crippen LogP contribution in [0.15, 0.2) is 54.6 Å². The number of para-hydroxylation sites is 1. The van der Waals surface area contributed by atoms with Gasteiger partial charge in [0.15, 0.2) is 0 Å². The van der Waals surface area contributed by atoms with E-state index in [0.29, 0.717) is 6.54 Å². The van der Waals surface area contributed by atoms with Gasteiger partial charge in [0.05, 0.1) is 13.0 Å². The van der Waals surface area contributed by atoms with Crippen molar-refractivity contribution < 1.29 is 9.59 Å². The predicted octanol–water partition coefficient (Wildman–Crippen LogP) is 2.99. The minimum Gasteiger partial charge on any atom is -0.371 e. The second-order valence-corrected chi connectivity index (χ2v) is 7.37. The Bertz CT molecular complexity index is 785. The summed E-state index contributed by atoms with van der Waals surface area (Å²) in [4.78, 5) is 28.7. The number of rotatable bonds is 7. The van der Waals surface area contributed by atoms with Crippen LogP contribution >= 0.6 is 0 Å². The molecule has 0 bridgehead atoms. The van der Waals surface area contributed by atoms with E-state index in [9.17, 15) is 9.59 Å². The van der Waals surface area contributed by atoms with Crippen molar-refractivity contribution in [2.45, 2.75) is 32.2 Å². The number of benzene rings is 2. The summed E-state index contributed by atoms with van der Waals surface area (Å²) in [5.41, 5.74) is 3.31. The van der Waals surface area contributed by atoms with E-state index in [-0.39, 0.29) is 24.8 Å². The highest BCUT2D eigenvalue weighted by Crippen LogP contribution is 2.25. The van der Waals surface area contributed by atoms with Crippen LogP contribution in [0.1, 0.15) is 30.4 Å². The highest BCUT2D eigenvalue weighted by molar-refractivity contribution is 5.85. The summed E-state index contributed by atoms with van der Waals surface area (Å²) >= 11 is 0. The topological polar surface area (TPSA) is 52.6 Å². The van der Waals surface area contributed by atoms with Crippen molar-refractivity contribution >= 4 is 17.5 Å². The van der Waals surface area contributed by atoms with Crippen LogP contribution < -0.4 is 10.2 Å². The van der Waals surface area contributed by atoms with Gasteiger partial charge in [0.1, 0.15) is 0 Å². The quantitative estimate of drug-likeness (QED) is 0.805. The smallest absolute Gasteiger partial charge is 0.242 e. The Hall–Kier alpha value is -2.82. The van der Waals surface area contributed by atoms with Crippen LogP contribution in [0.5, 0.6) is 0 Å². The van der Waals surface area contributed by atoms with Gasteiger partial charge in [-0.2, -0.15) is 0 Å². The molecule has 2 amide bonds. The lowest BCUT2D eigenvalue weighted by molar-refractivity contribution is -0.132. The molecule has 1 N–H and O–H groups in total. The number of carbonyl (C=O) groups excluding carboxylic acids is 2. The van der Waals surface area contributed by atoms with Crippen molar-refractivity contribution in [2.24, 2.45) is 0 Å². The van der Waals surface area contributed by atoms with Crippen molar-refractivity contribution in [1.29, 1.82) is 0 Å². The Morgan fingerprint density at radius 1 is 0.964 bits per heavy atom. The van der Waals surface area contributed by atoms with Crippen LogP contribution in [-0.4, -0.2) is 43.4 Å². The van der Waals surface area contributed by atoms with Gasteiger partial charge in [-0.25, -0.2) is 0 Å². The fourth-order valence-corrected chi connectivity index (χ4v) is 3.58. The standard InChI is InChI=1S/C23H29N3O2/c1-25(23(28)17-24-22(27)16-19-10-4-2-5-11-19)18-20-12-6-7-13-21(20)26-14-8-3-9-15-26/h2,4-7,10-13H,3,8-9,14-18H2,1H3,(H,24,27). The highest BCUT2D eigenvalue weighted by atomic mass is 16.2. The van der Waals surface area contributed by atoms with Crippen LogP contribution in [-0.2, 0) is 22.6 Å². The molecular formula is C23H29N3O2. The molecule has 28 heavy (non-hydrogen) atoms. The number of nitrogens with one attached hydrogen (secondary N) is 1. The predicted molar refractivity (Wildman–Crippen MR) is 112 cm³/mol. The third-order valence-electron chi connectivity index (χ3n) is 5.17. The Labute approximate surface area is 167 Å². The molecule has 0 atom stereocenters. The molecule has 3 rings (SSSR count). The molecule has 0 unspecified atom stereocenters. The summed E-state index contributed by atoms with van der Waals surface area (Å²) in [6, 6.07) is 17.8. The lowest BCUT2D eigenvalue weighted by Crippen LogP contribution is -2.38. The molecule has 1 aliphatic rings. The van der Waals surface area contributed by atoms with Gasteiger partial charge in [-0.1, -0.05) is 48.5 Å². The van der Waals surface area contributed by atoms with Crippen molar-refractivity contribution in [3.05, 3.63) is 65.7 Å². The number of nitrogens with zero attached hydrogens (tertiary/aromatic N) is 2. The van der Waals surface area contributed by atoms with E-state index in [4.69, 9.17) is 0 Å². The molecule has 2 aromatic rings. The zero-order valence-electron chi connectivity index (χ0n) is 16.6. The van der Waals surface area contributed by atoms with Crippen LogP contribution in [0.2, 0.25) is 0 Å². The van der Waals surface area contributed by atoms with Crippen LogP contribution in [0.25, 0.3) is 0 Å². The van der Waals surface area contributed by atoms with E-state index in [0.717, 1.165) is 24.2 Å². The molecule has 2 aromatic carbocycles. The average molecular weight is 380 g/mol. The molecule has 5 heteroatoms. The van der Waals surface area contributed by atoms with Gasteiger partial charge >= 0.3 is 0 Å². The maximum absolute atomic E-state index is 12.5. The van der Waals surface area contributed by atoms with Crippen LogP contribution in [0, 0.1) is 0 Å². The second kappa shape index (κ2) is 9.93. The molecule has 1 saturated heterocycles. The van der Waals surface area contributed by atoms with E-state index >= 15 is 0 Å². The number of hydrogen-bond donors (Lipinski definition) is 1. The molecule has 0 saturated carbocycles.